The molecule has 2 rings (SSSR count). The molecule has 1 fully saturated rings. The van der Waals surface area contributed by atoms with Gasteiger partial charge in [-0.3, -0.25) is 14.9 Å². The van der Waals surface area contributed by atoms with Crippen molar-refractivity contribution in [3.8, 4) is 0 Å². The van der Waals surface area contributed by atoms with Crippen LogP contribution in [0.4, 0.5) is 5.69 Å². The number of carbonyl (C=O) groups excluding carboxylic acids is 1. The molecule has 0 unspecified atom stereocenters. The quantitative estimate of drug-likeness (QED) is 0.619. The topological polar surface area (TPSA) is 63.4 Å². The maximum atomic E-state index is 12.2. The van der Waals surface area contributed by atoms with Gasteiger partial charge in [0.25, 0.3) is 11.6 Å². The van der Waals surface area contributed by atoms with Gasteiger partial charge in [0.15, 0.2) is 0 Å². The number of nitrogens with zero attached hydrogens (tertiary/aromatic N) is 2. The maximum absolute atomic E-state index is 12.2. The molecule has 0 aliphatic carbocycles. The summed E-state index contributed by atoms with van der Waals surface area (Å²) in [6.45, 7) is 1.38. The van der Waals surface area contributed by atoms with E-state index in [0.29, 0.717) is 18.7 Å². The van der Waals surface area contributed by atoms with Crippen LogP contribution in [0.2, 0.25) is 5.02 Å². The zero-order chi connectivity index (χ0) is 13.1. The number of amides is 1. The molecule has 1 aromatic carbocycles. The lowest BCUT2D eigenvalue weighted by molar-refractivity contribution is -0.384. The van der Waals surface area contributed by atoms with E-state index >= 15 is 0 Å². The normalized spacial score (nSPS) is 15.5. The third-order valence-electron chi connectivity index (χ3n) is 2.69. The van der Waals surface area contributed by atoms with Gasteiger partial charge in [-0.05, 0) is 6.07 Å². The molecule has 5 nitrogen and oxygen atoms in total. The number of nitro groups is 1. The molecule has 1 aromatic rings. The molecule has 1 saturated heterocycles. The van der Waals surface area contributed by atoms with Crippen molar-refractivity contribution in [2.75, 3.05) is 24.6 Å². The lowest BCUT2D eigenvalue weighted by atomic mass is 10.1. The van der Waals surface area contributed by atoms with Crippen molar-refractivity contribution < 1.29 is 9.72 Å². The van der Waals surface area contributed by atoms with Crippen LogP contribution in [0, 0.1) is 10.1 Å². The van der Waals surface area contributed by atoms with Crippen LogP contribution >= 0.6 is 23.4 Å². The van der Waals surface area contributed by atoms with E-state index in [0.717, 1.165) is 11.5 Å². The second kappa shape index (κ2) is 5.58. The number of rotatable bonds is 2. The third kappa shape index (κ3) is 2.76. The maximum Gasteiger partial charge on any atom is 0.270 e. The standard InChI is InChI=1S/C11H11ClN2O3S/c12-10-7-8(14(16)17)1-2-9(10)11(15)13-3-5-18-6-4-13/h1-2,7H,3-6H2. The Balaban J connectivity index is 2.22. The second-order valence-electron chi connectivity index (χ2n) is 3.83. The smallest absolute Gasteiger partial charge is 0.270 e. The van der Waals surface area contributed by atoms with Crippen LogP contribution in [0.3, 0.4) is 0 Å². The molecular weight excluding hydrogens is 276 g/mol. The third-order valence-corrected chi connectivity index (χ3v) is 3.95. The van der Waals surface area contributed by atoms with Crippen molar-refractivity contribution >= 4 is 35.0 Å². The first-order valence-electron chi connectivity index (χ1n) is 5.40. The minimum Gasteiger partial charge on any atom is -0.337 e. The summed E-state index contributed by atoms with van der Waals surface area (Å²) in [5.41, 5.74) is 0.222. The zero-order valence-electron chi connectivity index (χ0n) is 9.47. The molecule has 1 amide bonds. The van der Waals surface area contributed by atoms with Crippen LogP contribution in [0.15, 0.2) is 18.2 Å². The lowest BCUT2D eigenvalue weighted by Crippen LogP contribution is -2.38. The van der Waals surface area contributed by atoms with Crippen molar-refractivity contribution in [1.29, 1.82) is 0 Å². The molecule has 1 heterocycles. The average Bonchev–Trinajstić information content (AvgIpc) is 2.38. The Kier molecular flexibility index (Phi) is 4.08. The van der Waals surface area contributed by atoms with E-state index in [1.165, 1.54) is 18.2 Å². The summed E-state index contributed by atoms with van der Waals surface area (Å²) in [5.74, 6) is 1.67. The van der Waals surface area contributed by atoms with Gasteiger partial charge in [-0.25, -0.2) is 0 Å². The first-order chi connectivity index (χ1) is 8.59. The highest BCUT2D eigenvalue weighted by Gasteiger charge is 2.21. The summed E-state index contributed by atoms with van der Waals surface area (Å²) in [4.78, 5) is 23.9. The van der Waals surface area contributed by atoms with Gasteiger partial charge in [0, 0.05) is 36.7 Å². The van der Waals surface area contributed by atoms with Crippen LogP contribution in [0.1, 0.15) is 10.4 Å². The molecular formula is C11H11ClN2O3S. The first-order valence-corrected chi connectivity index (χ1v) is 6.94. The van der Waals surface area contributed by atoms with E-state index < -0.39 is 4.92 Å². The van der Waals surface area contributed by atoms with Gasteiger partial charge in [0.05, 0.1) is 15.5 Å². The van der Waals surface area contributed by atoms with Gasteiger partial charge in [0.1, 0.15) is 0 Å². The summed E-state index contributed by atoms with van der Waals surface area (Å²) in [6.07, 6.45) is 0. The summed E-state index contributed by atoms with van der Waals surface area (Å²) in [5, 5.41) is 10.7. The van der Waals surface area contributed by atoms with E-state index in [-0.39, 0.29) is 16.6 Å². The van der Waals surface area contributed by atoms with Crippen molar-refractivity contribution in [2.24, 2.45) is 0 Å². The minimum absolute atomic E-state index is 0.106. The van der Waals surface area contributed by atoms with Crippen molar-refractivity contribution in [3.63, 3.8) is 0 Å². The number of hydrogen-bond donors (Lipinski definition) is 0. The molecule has 0 spiro atoms. The predicted octanol–water partition coefficient (Wildman–Crippen LogP) is 2.44. The fourth-order valence-electron chi connectivity index (χ4n) is 1.73. The molecule has 0 radical (unpaired) electrons. The summed E-state index contributed by atoms with van der Waals surface area (Å²) in [6, 6.07) is 3.94. The molecule has 0 N–H and O–H groups in total. The summed E-state index contributed by atoms with van der Waals surface area (Å²) in [7, 11) is 0. The van der Waals surface area contributed by atoms with Crippen LogP contribution in [0.5, 0.6) is 0 Å². The SMILES string of the molecule is O=C(c1ccc([N+](=O)[O-])cc1Cl)N1CCSCC1. The Morgan fingerprint density at radius 1 is 1.39 bits per heavy atom. The molecule has 0 atom stereocenters. The number of non-ortho nitro benzene ring substituents is 1. The van der Waals surface area contributed by atoms with E-state index in [4.69, 9.17) is 11.6 Å². The fraction of sp³-hybridized carbons (Fsp3) is 0.364. The molecule has 96 valence electrons. The average molecular weight is 287 g/mol. The van der Waals surface area contributed by atoms with Crippen molar-refractivity contribution in [2.45, 2.75) is 0 Å². The molecule has 0 saturated carbocycles. The van der Waals surface area contributed by atoms with E-state index in [2.05, 4.69) is 0 Å². The van der Waals surface area contributed by atoms with Crippen LogP contribution < -0.4 is 0 Å². The minimum atomic E-state index is -0.530. The lowest BCUT2D eigenvalue weighted by Gasteiger charge is -2.26. The molecule has 1 aliphatic heterocycles. The number of benzene rings is 1. The van der Waals surface area contributed by atoms with Gasteiger partial charge in [-0.2, -0.15) is 11.8 Å². The van der Waals surface area contributed by atoms with E-state index in [1.807, 2.05) is 0 Å². The molecule has 1 aliphatic rings. The van der Waals surface area contributed by atoms with Crippen LogP contribution in [-0.4, -0.2) is 40.3 Å². The highest BCUT2D eigenvalue weighted by atomic mass is 35.5. The Hall–Kier alpha value is -1.27. The highest BCUT2D eigenvalue weighted by Crippen LogP contribution is 2.24. The fourth-order valence-corrected chi connectivity index (χ4v) is 2.89. The first kappa shape index (κ1) is 13.2. The molecule has 0 bridgehead atoms. The molecule has 0 aromatic heterocycles. The van der Waals surface area contributed by atoms with Gasteiger partial charge in [-0.1, -0.05) is 11.6 Å². The number of halogens is 1. The largest absolute Gasteiger partial charge is 0.337 e. The van der Waals surface area contributed by atoms with Gasteiger partial charge >= 0.3 is 0 Å². The van der Waals surface area contributed by atoms with Gasteiger partial charge in [-0.15, -0.1) is 0 Å². The zero-order valence-corrected chi connectivity index (χ0v) is 11.0. The van der Waals surface area contributed by atoms with Gasteiger partial charge in [0.2, 0.25) is 0 Å². The number of carbonyl (C=O) groups is 1. The molecule has 18 heavy (non-hydrogen) atoms. The molecule has 7 heteroatoms. The monoisotopic (exact) mass is 286 g/mol. The van der Waals surface area contributed by atoms with E-state index in [9.17, 15) is 14.9 Å². The van der Waals surface area contributed by atoms with Crippen LogP contribution in [0.25, 0.3) is 0 Å². The second-order valence-corrected chi connectivity index (χ2v) is 5.46. The van der Waals surface area contributed by atoms with E-state index in [1.54, 1.807) is 16.7 Å². The number of hydrogen-bond acceptors (Lipinski definition) is 4. The number of thioether (sulfide) groups is 1. The number of nitro benzene ring substituents is 1. The highest BCUT2D eigenvalue weighted by molar-refractivity contribution is 7.99. The van der Waals surface area contributed by atoms with Gasteiger partial charge < -0.3 is 4.90 Å². The Morgan fingerprint density at radius 2 is 2.06 bits per heavy atom. The Bertz CT molecular complexity index is 489. The Morgan fingerprint density at radius 3 is 2.61 bits per heavy atom. The van der Waals surface area contributed by atoms with Crippen molar-refractivity contribution in [1.82, 2.24) is 4.90 Å². The summed E-state index contributed by atoms with van der Waals surface area (Å²) < 4.78 is 0. The summed E-state index contributed by atoms with van der Waals surface area (Å²) >= 11 is 7.74. The Labute approximate surface area is 113 Å². The van der Waals surface area contributed by atoms with Crippen molar-refractivity contribution in [3.05, 3.63) is 38.9 Å². The predicted molar refractivity (Wildman–Crippen MR) is 71.3 cm³/mol. The van der Waals surface area contributed by atoms with Crippen LogP contribution in [-0.2, 0) is 0 Å².